The Morgan fingerprint density at radius 2 is 1.94 bits per heavy atom. The van der Waals surface area contributed by atoms with Crippen LogP contribution in [0.3, 0.4) is 0 Å². The number of ether oxygens (including phenoxy) is 2. The van der Waals surface area contributed by atoms with E-state index in [0.717, 1.165) is 21.7 Å². The van der Waals surface area contributed by atoms with Gasteiger partial charge >= 0.3 is 115 Å². The van der Waals surface area contributed by atoms with Gasteiger partial charge in [-0.1, -0.05) is 0 Å². The molecule has 1 unspecified atom stereocenters. The van der Waals surface area contributed by atoms with Crippen molar-refractivity contribution >= 4 is 23.8 Å². The first-order chi connectivity index (χ1) is 8.60. The molecule has 4 nitrogen and oxygen atoms in total. The standard InChI is InChI=1S/C13H21IO4/c1-9-7-14(12(15)16)8-10-11(9)18-13(17-10)5-3-2-4-6-13/h9-11H,2-8H2,1H3,(H,15,16)/t9?,10-,11+/m1/s1. The van der Waals surface area contributed by atoms with Crippen LogP contribution >= 0.6 is 19.8 Å². The second-order valence-corrected chi connectivity index (χ2v) is 11.0. The molecule has 0 aromatic carbocycles. The van der Waals surface area contributed by atoms with E-state index in [0.29, 0.717) is 5.92 Å². The van der Waals surface area contributed by atoms with E-state index in [4.69, 9.17) is 9.47 Å². The average Bonchev–Trinajstić information content (AvgIpc) is 2.68. The number of fused-ring (bicyclic) bond motifs is 1. The number of carbonyl (C=O) groups is 1. The first-order valence-electron chi connectivity index (χ1n) is 6.80. The zero-order valence-corrected chi connectivity index (χ0v) is 12.9. The van der Waals surface area contributed by atoms with Gasteiger partial charge in [-0.15, -0.1) is 0 Å². The van der Waals surface area contributed by atoms with E-state index < -0.39 is 23.8 Å². The molecule has 1 saturated carbocycles. The molecule has 2 saturated heterocycles. The van der Waals surface area contributed by atoms with Gasteiger partial charge in [-0.3, -0.25) is 0 Å². The third-order valence-corrected chi connectivity index (χ3v) is 9.95. The molecule has 1 N–H and O–H groups in total. The van der Waals surface area contributed by atoms with Crippen LogP contribution in [0.4, 0.5) is 4.79 Å². The topological polar surface area (TPSA) is 55.8 Å². The zero-order valence-electron chi connectivity index (χ0n) is 10.7. The van der Waals surface area contributed by atoms with Crippen LogP contribution in [-0.2, 0) is 9.47 Å². The maximum absolute atomic E-state index is 11.2. The molecule has 1 aliphatic carbocycles. The van der Waals surface area contributed by atoms with Gasteiger partial charge in [0.15, 0.2) is 0 Å². The molecule has 0 bridgehead atoms. The van der Waals surface area contributed by atoms with E-state index in [9.17, 15) is 9.90 Å². The Bertz CT molecular complexity index is 340. The molecule has 5 heteroatoms. The summed E-state index contributed by atoms with van der Waals surface area (Å²) in [7, 11) is 0. The van der Waals surface area contributed by atoms with Crippen LogP contribution in [0.25, 0.3) is 0 Å². The van der Waals surface area contributed by atoms with E-state index in [1.165, 1.54) is 19.3 Å². The Morgan fingerprint density at radius 3 is 2.61 bits per heavy atom. The van der Waals surface area contributed by atoms with Gasteiger partial charge < -0.3 is 0 Å². The number of alkyl halides is 2. The van der Waals surface area contributed by atoms with Gasteiger partial charge in [0.05, 0.1) is 0 Å². The number of halogens is 1. The van der Waals surface area contributed by atoms with Crippen LogP contribution in [0.2, 0.25) is 0 Å². The number of rotatable bonds is 1. The van der Waals surface area contributed by atoms with Crippen molar-refractivity contribution in [3.8, 4) is 0 Å². The third kappa shape index (κ3) is 2.29. The Kier molecular flexibility index (Phi) is 3.57. The number of carboxylic acid groups (broad SMARTS) is 1. The van der Waals surface area contributed by atoms with E-state index in [1.807, 2.05) is 0 Å². The van der Waals surface area contributed by atoms with Crippen molar-refractivity contribution < 1.29 is 19.4 Å². The van der Waals surface area contributed by atoms with Gasteiger partial charge in [0.2, 0.25) is 0 Å². The van der Waals surface area contributed by atoms with E-state index in [2.05, 4.69) is 6.92 Å². The molecule has 1 spiro atoms. The monoisotopic (exact) mass is 368 g/mol. The summed E-state index contributed by atoms with van der Waals surface area (Å²) < 4.78 is 13.6. The minimum absolute atomic E-state index is 0.0631. The fourth-order valence-corrected chi connectivity index (χ4v) is 8.40. The molecular weight excluding hydrogens is 347 g/mol. The van der Waals surface area contributed by atoms with Gasteiger partial charge in [0, 0.05) is 0 Å². The van der Waals surface area contributed by atoms with Crippen LogP contribution in [0.1, 0.15) is 39.0 Å². The summed E-state index contributed by atoms with van der Waals surface area (Å²) in [5.74, 6) is -0.00156. The predicted molar refractivity (Wildman–Crippen MR) is 76.5 cm³/mol. The van der Waals surface area contributed by atoms with E-state index >= 15 is 0 Å². The van der Waals surface area contributed by atoms with Crippen LogP contribution in [-0.4, -0.2) is 35.9 Å². The summed E-state index contributed by atoms with van der Waals surface area (Å²) in [6.07, 6.45) is 5.82. The van der Waals surface area contributed by atoms with Crippen molar-refractivity contribution in [3.05, 3.63) is 0 Å². The second kappa shape index (κ2) is 4.90. The van der Waals surface area contributed by atoms with Crippen LogP contribution < -0.4 is 0 Å². The Morgan fingerprint density at radius 1 is 1.22 bits per heavy atom. The molecule has 3 aliphatic rings. The van der Waals surface area contributed by atoms with Gasteiger partial charge in [0.1, 0.15) is 0 Å². The summed E-state index contributed by atoms with van der Waals surface area (Å²) >= 11 is -1.87. The first kappa shape index (κ1) is 13.1. The predicted octanol–water partition coefficient (Wildman–Crippen LogP) is 3.26. The first-order valence-corrected chi connectivity index (χ1v) is 10.9. The summed E-state index contributed by atoms with van der Waals surface area (Å²) in [6.45, 7) is 2.13. The summed E-state index contributed by atoms with van der Waals surface area (Å²) in [5.41, 5.74) is 0. The fourth-order valence-electron chi connectivity index (χ4n) is 3.38. The molecule has 3 fully saturated rings. The molecule has 3 rings (SSSR count). The Labute approximate surface area is 115 Å². The maximum atomic E-state index is 11.2. The van der Waals surface area contributed by atoms with Crippen LogP contribution in [0, 0.1) is 5.92 Å². The Balaban J connectivity index is 1.73. The average molecular weight is 368 g/mol. The summed E-state index contributed by atoms with van der Waals surface area (Å²) in [6, 6.07) is 0. The van der Waals surface area contributed by atoms with E-state index in [-0.39, 0.29) is 18.0 Å². The summed E-state index contributed by atoms with van der Waals surface area (Å²) in [5, 5.41) is 9.25. The van der Waals surface area contributed by atoms with Crippen molar-refractivity contribution in [1.82, 2.24) is 0 Å². The molecule has 2 heterocycles. The second-order valence-electron chi connectivity index (χ2n) is 5.71. The molecule has 18 heavy (non-hydrogen) atoms. The molecular formula is C13H21IO4. The zero-order chi connectivity index (χ0) is 12.8. The van der Waals surface area contributed by atoms with E-state index in [1.54, 1.807) is 0 Å². The van der Waals surface area contributed by atoms with Gasteiger partial charge in [-0.25, -0.2) is 0 Å². The fraction of sp³-hybridized carbons (Fsp3) is 0.923. The third-order valence-electron chi connectivity index (χ3n) is 4.26. The van der Waals surface area contributed by atoms with Gasteiger partial charge in [-0.2, -0.15) is 0 Å². The molecule has 3 atom stereocenters. The SMILES string of the molecule is CC1CI(C(=O)O)C[C@H]2OC3(CCCCC3)O[C@@H]12. The van der Waals surface area contributed by atoms with Gasteiger partial charge in [-0.05, 0) is 0 Å². The molecule has 0 amide bonds. The molecule has 0 aromatic rings. The molecule has 0 radical (unpaired) electrons. The summed E-state index contributed by atoms with van der Waals surface area (Å²) in [4.78, 5) is 11.2. The van der Waals surface area contributed by atoms with Crippen molar-refractivity contribution in [3.63, 3.8) is 0 Å². The van der Waals surface area contributed by atoms with Crippen molar-refractivity contribution in [2.24, 2.45) is 5.92 Å². The number of hydrogen-bond acceptors (Lipinski definition) is 3. The van der Waals surface area contributed by atoms with Crippen LogP contribution in [0.5, 0.6) is 0 Å². The van der Waals surface area contributed by atoms with Crippen molar-refractivity contribution in [2.75, 3.05) is 8.86 Å². The van der Waals surface area contributed by atoms with Crippen molar-refractivity contribution in [2.45, 2.75) is 57.0 Å². The quantitative estimate of drug-likeness (QED) is 0.439. The van der Waals surface area contributed by atoms with Crippen molar-refractivity contribution in [1.29, 1.82) is 0 Å². The normalized spacial score (nSPS) is 40.7. The van der Waals surface area contributed by atoms with Crippen LogP contribution in [0.15, 0.2) is 0 Å². The molecule has 104 valence electrons. The van der Waals surface area contributed by atoms with Gasteiger partial charge in [0.25, 0.3) is 0 Å². The minimum atomic E-state index is -1.87. The Hall–Kier alpha value is 0.120. The molecule has 2 aliphatic heterocycles. The number of hydrogen-bond donors (Lipinski definition) is 1. The molecule has 0 aromatic heterocycles.